The highest BCUT2D eigenvalue weighted by Gasteiger charge is 2.12. The summed E-state index contributed by atoms with van der Waals surface area (Å²) in [5.41, 5.74) is 3.37. The van der Waals surface area contributed by atoms with Gasteiger partial charge in [0.1, 0.15) is 0 Å². The van der Waals surface area contributed by atoms with Gasteiger partial charge in [-0.3, -0.25) is 9.88 Å². The average Bonchev–Trinajstić information content (AvgIpc) is 2.37. The first-order valence-electron chi connectivity index (χ1n) is 6.82. The fourth-order valence-corrected chi connectivity index (χ4v) is 2.39. The van der Waals surface area contributed by atoms with E-state index in [9.17, 15) is 5.11 Å². The van der Waals surface area contributed by atoms with E-state index in [0.29, 0.717) is 12.6 Å². The monoisotopic (exact) mass is 258 g/mol. The summed E-state index contributed by atoms with van der Waals surface area (Å²) >= 11 is 0. The van der Waals surface area contributed by atoms with Crippen molar-refractivity contribution >= 4 is 10.9 Å². The second-order valence-electron chi connectivity index (χ2n) is 5.23. The lowest BCUT2D eigenvalue weighted by Gasteiger charge is -2.26. The highest BCUT2D eigenvalue weighted by Crippen LogP contribution is 2.20. The Hall–Kier alpha value is -1.45. The number of aliphatic hydroxyl groups is 1. The minimum absolute atomic E-state index is 0.195. The van der Waals surface area contributed by atoms with Crippen molar-refractivity contribution in [3.05, 3.63) is 41.6 Å². The topological polar surface area (TPSA) is 36.4 Å². The molecule has 1 aromatic carbocycles. The Morgan fingerprint density at radius 2 is 2.00 bits per heavy atom. The predicted octanol–water partition coefficient (Wildman–Crippen LogP) is 2.75. The van der Waals surface area contributed by atoms with Crippen molar-refractivity contribution < 1.29 is 5.11 Å². The van der Waals surface area contributed by atoms with Crippen LogP contribution in [0.4, 0.5) is 0 Å². The Morgan fingerprint density at radius 3 is 2.68 bits per heavy atom. The second kappa shape index (κ2) is 6.13. The molecule has 0 atom stereocenters. The van der Waals surface area contributed by atoms with Gasteiger partial charge in [-0.25, -0.2) is 0 Å². The van der Waals surface area contributed by atoms with Crippen LogP contribution >= 0.6 is 0 Å². The number of nitrogens with zero attached hydrogens (tertiary/aromatic N) is 2. The van der Waals surface area contributed by atoms with E-state index in [1.165, 1.54) is 10.9 Å². The fraction of sp³-hybridized carbons (Fsp3) is 0.438. The van der Waals surface area contributed by atoms with Crippen molar-refractivity contribution in [1.82, 2.24) is 9.88 Å². The summed E-state index contributed by atoms with van der Waals surface area (Å²) < 4.78 is 0. The molecule has 19 heavy (non-hydrogen) atoms. The second-order valence-corrected chi connectivity index (χ2v) is 5.23. The van der Waals surface area contributed by atoms with Crippen molar-refractivity contribution in [2.24, 2.45) is 0 Å². The predicted molar refractivity (Wildman–Crippen MR) is 79.1 cm³/mol. The summed E-state index contributed by atoms with van der Waals surface area (Å²) in [7, 11) is 0. The number of aryl methyl sites for hydroxylation is 1. The molecule has 1 N–H and O–H groups in total. The standard InChI is InChI=1S/C16H22N2O/c1-12(2)18(8-9-19)11-14-10-13(3)17-16-7-5-4-6-15(14)16/h4-7,10,12,19H,8-9,11H2,1-3H3. The first kappa shape index (κ1) is 14.0. The van der Waals surface area contributed by atoms with Crippen molar-refractivity contribution in [3.63, 3.8) is 0 Å². The van der Waals surface area contributed by atoms with E-state index in [0.717, 1.165) is 17.8 Å². The van der Waals surface area contributed by atoms with Gasteiger partial charge >= 0.3 is 0 Å². The number of rotatable bonds is 5. The van der Waals surface area contributed by atoms with Crippen molar-refractivity contribution in [2.45, 2.75) is 33.4 Å². The number of benzene rings is 1. The molecule has 1 aromatic heterocycles. The van der Waals surface area contributed by atoms with Crippen LogP contribution in [-0.4, -0.2) is 34.2 Å². The first-order chi connectivity index (χ1) is 9.11. The zero-order chi connectivity index (χ0) is 13.8. The van der Waals surface area contributed by atoms with Gasteiger partial charge in [-0.2, -0.15) is 0 Å². The summed E-state index contributed by atoms with van der Waals surface area (Å²) in [6.07, 6.45) is 0. The number of hydrogen-bond donors (Lipinski definition) is 1. The van der Waals surface area contributed by atoms with Crippen LogP contribution in [0.1, 0.15) is 25.1 Å². The third kappa shape index (κ3) is 3.31. The lowest BCUT2D eigenvalue weighted by molar-refractivity contribution is 0.160. The summed E-state index contributed by atoms with van der Waals surface area (Å²) in [6.45, 7) is 8.09. The Bertz CT molecular complexity index is 551. The number of aliphatic hydroxyl groups excluding tert-OH is 1. The fourth-order valence-electron chi connectivity index (χ4n) is 2.39. The molecule has 2 rings (SSSR count). The van der Waals surface area contributed by atoms with Crippen LogP contribution in [0, 0.1) is 6.92 Å². The van der Waals surface area contributed by atoms with E-state index in [2.05, 4.69) is 48.0 Å². The largest absolute Gasteiger partial charge is 0.395 e. The third-order valence-electron chi connectivity index (χ3n) is 3.42. The van der Waals surface area contributed by atoms with Crippen LogP contribution in [0.3, 0.4) is 0 Å². The number of aromatic nitrogens is 1. The maximum Gasteiger partial charge on any atom is 0.0708 e. The Kier molecular flexibility index (Phi) is 4.51. The minimum atomic E-state index is 0.195. The maximum absolute atomic E-state index is 9.18. The molecule has 0 aliphatic rings. The van der Waals surface area contributed by atoms with Crippen LogP contribution < -0.4 is 0 Å². The van der Waals surface area contributed by atoms with E-state index in [4.69, 9.17) is 0 Å². The molecule has 2 aromatic rings. The van der Waals surface area contributed by atoms with Gasteiger partial charge in [-0.1, -0.05) is 18.2 Å². The van der Waals surface area contributed by atoms with Gasteiger partial charge < -0.3 is 5.11 Å². The molecular weight excluding hydrogens is 236 g/mol. The third-order valence-corrected chi connectivity index (χ3v) is 3.42. The molecule has 1 heterocycles. The van der Waals surface area contributed by atoms with Crippen LogP contribution in [0.5, 0.6) is 0 Å². The van der Waals surface area contributed by atoms with E-state index >= 15 is 0 Å². The molecule has 0 fully saturated rings. The van der Waals surface area contributed by atoms with Crippen LogP contribution in [-0.2, 0) is 6.54 Å². The van der Waals surface area contributed by atoms with Gasteiger partial charge in [0.05, 0.1) is 12.1 Å². The molecule has 0 aliphatic heterocycles. The highest BCUT2D eigenvalue weighted by molar-refractivity contribution is 5.82. The molecule has 0 unspecified atom stereocenters. The molecule has 102 valence electrons. The van der Waals surface area contributed by atoms with Gasteiger partial charge in [0.15, 0.2) is 0 Å². The molecular formula is C16H22N2O. The van der Waals surface area contributed by atoms with Crippen LogP contribution in [0.15, 0.2) is 30.3 Å². The molecule has 0 saturated carbocycles. The lowest BCUT2D eigenvalue weighted by atomic mass is 10.1. The van der Waals surface area contributed by atoms with Gasteiger partial charge in [0, 0.05) is 30.2 Å². The molecule has 0 radical (unpaired) electrons. The van der Waals surface area contributed by atoms with Crippen LogP contribution in [0.2, 0.25) is 0 Å². The van der Waals surface area contributed by atoms with Crippen LogP contribution in [0.25, 0.3) is 10.9 Å². The van der Waals surface area contributed by atoms with E-state index in [1.807, 2.05) is 13.0 Å². The summed E-state index contributed by atoms with van der Waals surface area (Å²) in [5.74, 6) is 0. The molecule has 0 bridgehead atoms. The maximum atomic E-state index is 9.18. The molecule has 3 heteroatoms. The normalized spacial score (nSPS) is 11.7. The number of pyridine rings is 1. The lowest BCUT2D eigenvalue weighted by Crippen LogP contribution is -2.33. The number of para-hydroxylation sites is 1. The molecule has 0 aliphatic carbocycles. The van der Waals surface area contributed by atoms with Crippen molar-refractivity contribution in [3.8, 4) is 0 Å². The summed E-state index contributed by atoms with van der Waals surface area (Å²) in [4.78, 5) is 6.85. The average molecular weight is 258 g/mol. The molecule has 0 spiro atoms. The van der Waals surface area contributed by atoms with Gasteiger partial charge in [-0.05, 0) is 38.5 Å². The Balaban J connectivity index is 2.38. The summed E-state index contributed by atoms with van der Waals surface area (Å²) in [5, 5.41) is 10.4. The smallest absolute Gasteiger partial charge is 0.0708 e. The summed E-state index contributed by atoms with van der Waals surface area (Å²) in [6, 6.07) is 10.8. The molecule has 0 saturated heterocycles. The van der Waals surface area contributed by atoms with Gasteiger partial charge in [0.2, 0.25) is 0 Å². The van der Waals surface area contributed by atoms with Crippen molar-refractivity contribution in [2.75, 3.05) is 13.2 Å². The van der Waals surface area contributed by atoms with Gasteiger partial charge in [0.25, 0.3) is 0 Å². The van der Waals surface area contributed by atoms with Gasteiger partial charge in [-0.15, -0.1) is 0 Å². The van der Waals surface area contributed by atoms with Crippen molar-refractivity contribution in [1.29, 1.82) is 0 Å². The highest BCUT2D eigenvalue weighted by atomic mass is 16.3. The zero-order valence-corrected chi connectivity index (χ0v) is 11.9. The van der Waals surface area contributed by atoms with E-state index < -0.39 is 0 Å². The van der Waals surface area contributed by atoms with E-state index in [1.54, 1.807) is 0 Å². The quantitative estimate of drug-likeness (QED) is 0.896. The Morgan fingerprint density at radius 1 is 1.26 bits per heavy atom. The minimum Gasteiger partial charge on any atom is -0.395 e. The Labute approximate surface area is 114 Å². The first-order valence-corrected chi connectivity index (χ1v) is 6.82. The molecule has 3 nitrogen and oxygen atoms in total. The zero-order valence-electron chi connectivity index (χ0n) is 11.9. The SMILES string of the molecule is Cc1cc(CN(CCO)C(C)C)c2ccccc2n1. The van der Waals surface area contributed by atoms with E-state index in [-0.39, 0.29) is 6.61 Å². The number of fused-ring (bicyclic) bond motifs is 1. The number of hydrogen-bond acceptors (Lipinski definition) is 3. The molecule has 0 amide bonds.